The molecule has 1 saturated heterocycles. The van der Waals surface area contributed by atoms with E-state index in [0.29, 0.717) is 37.2 Å². The number of primary amides is 1. The first-order valence-corrected chi connectivity index (χ1v) is 11.0. The summed E-state index contributed by atoms with van der Waals surface area (Å²) in [5.74, 6) is -0.687. The molecule has 3 amide bonds. The summed E-state index contributed by atoms with van der Waals surface area (Å²) in [6.07, 6.45) is 1.53. The molecule has 1 fully saturated rings. The number of likely N-dealkylation sites (tertiary alicyclic amines) is 1. The summed E-state index contributed by atoms with van der Waals surface area (Å²) < 4.78 is 5.52. The Bertz CT molecular complexity index is 1060. The molecule has 168 valence electrons. The quantitative estimate of drug-likeness (QED) is 0.795. The zero-order valence-corrected chi connectivity index (χ0v) is 18.8. The molecule has 2 aromatic rings. The maximum absolute atomic E-state index is 13.6. The van der Waals surface area contributed by atoms with Crippen molar-refractivity contribution in [1.82, 2.24) is 4.90 Å². The van der Waals surface area contributed by atoms with E-state index in [1.54, 1.807) is 17.0 Å². The predicted octanol–water partition coefficient (Wildman–Crippen LogP) is 3.74. The Morgan fingerprint density at radius 2 is 1.78 bits per heavy atom. The fraction of sp³-hybridized carbons (Fsp3) is 0.400. The molecule has 2 aliphatic rings. The molecule has 1 atom stereocenters. The second-order valence-electron chi connectivity index (χ2n) is 9.32. The van der Waals surface area contributed by atoms with Crippen molar-refractivity contribution in [2.45, 2.75) is 51.7 Å². The molecule has 2 aromatic carbocycles. The van der Waals surface area contributed by atoms with Gasteiger partial charge in [0.2, 0.25) is 11.8 Å². The third kappa shape index (κ3) is 4.20. The van der Waals surface area contributed by atoms with Gasteiger partial charge in [-0.15, -0.1) is 0 Å². The summed E-state index contributed by atoms with van der Waals surface area (Å²) in [5, 5.41) is 0. The summed E-state index contributed by atoms with van der Waals surface area (Å²) in [6, 6.07) is 12.7. The lowest BCUT2D eigenvalue weighted by Crippen LogP contribution is -2.48. The van der Waals surface area contributed by atoms with Gasteiger partial charge in [0.1, 0.15) is 11.6 Å². The van der Waals surface area contributed by atoms with Crippen LogP contribution >= 0.6 is 0 Å². The number of nitrogens with two attached hydrogens (primary N) is 1. The van der Waals surface area contributed by atoms with Crippen LogP contribution in [0.4, 0.5) is 10.5 Å². The van der Waals surface area contributed by atoms with Crippen molar-refractivity contribution in [1.29, 1.82) is 0 Å². The van der Waals surface area contributed by atoms with Gasteiger partial charge >= 0.3 is 6.09 Å². The molecule has 0 radical (unpaired) electrons. The van der Waals surface area contributed by atoms with E-state index in [1.807, 2.05) is 51.1 Å². The number of benzene rings is 2. The predicted molar refractivity (Wildman–Crippen MR) is 122 cm³/mol. The van der Waals surface area contributed by atoms with Crippen LogP contribution in [0.2, 0.25) is 0 Å². The summed E-state index contributed by atoms with van der Waals surface area (Å²) in [4.78, 5) is 41.5. The summed E-state index contributed by atoms with van der Waals surface area (Å²) in [6.45, 7) is 6.42. The van der Waals surface area contributed by atoms with Gasteiger partial charge in [-0.3, -0.25) is 14.5 Å². The second-order valence-corrected chi connectivity index (χ2v) is 9.32. The minimum atomic E-state index is -0.630. The van der Waals surface area contributed by atoms with Crippen LogP contribution in [0.25, 0.3) is 11.1 Å². The maximum atomic E-state index is 13.6. The van der Waals surface area contributed by atoms with E-state index >= 15 is 0 Å². The van der Waals surface area contributed by atoms with E-state index in [1.165, 1.54) is 4.90 Å². The standard InChI is InChI=1S/C25H29N3O4/c1-25(2,3)32-24(31)28-12-7-10-20(28)23(30)27-13-11-18-19(16-8-5-4-6-9-16)14-17(22(26)29)15-21(18)27/h4-6,8-9,14-15,20H,7,10-13H2,1-3H3,(H2,26,29). The van der Waals surface area contributed by atoms with Gasteiger partial charge in [-0.1, -0.05) is 30.3 Å². The molecule has 0 aromatic heterocycles. The first kappa shape index (κ1) is 21.9. The van der Waals surface area contributed by atoms with Crippen LogP contribution in [0, 0.1) is 0 Å². The highest BCUT2D eigenvalue weighted by Gasteiger charge is 2.41. The van der Waals surface area contributed by atoms with Gasteiger partial charge in [0, 0.05) is 24.3 Å². The summed E-state index contributed by atoms with van der Waals surface area (Å²) in [5.41, 5.74) is 8.92. The molecular weight excluding hydrogens is 406 g/mol. The number of hydrogen-bond acceptors (Lipinski definition) is 4. The Morgan fingerprint density at radius 1 is 1.06 bits per heavy atom. The molecule has 7 nitrogen and oxygen atoms in total. The van der Waals surface area contributed by atoms with Gasteiger partial charge < -0.3 is 15.4 Å². The lowest BCUT2D eigenvalue weighted by atomic mass is 9.95. The van der Waals surface area contributed by atoms with Gasteiger partial charge in [-0.2, -0.15) is 0 Å². The molecule has 7 heteroatoms. The van der Waals surface area contributed by atoms with E-state index < -0.39 is 23.6 Å². The molecule has 4 rings (SSSR count). The van der Waals surface area contributed by atoms with Crippen molar-refractivity contribution in [3.8, 4) is 11.1 Å². The largest absolute Gasteiger partial charge is 0.444 e. The van der Waals surface area contributed by atoms with Gasteiger partial charge in [-0.05, 0) is 68.9 Å². The Hall–Kier alpha value is -3.35. The van der Waals surface area contributed by atoms with Crippen molar-refractivity contribution in [2.75, 3.05) is 18.0 Å². The third-order valence-corrected chi connectivity index (χ3v) is 5.90. The fourth-order valence-electron chi connectivity index (χ4n) is 4.49. The monoisotopic (exact) mass is 435 g/mol. The van der Waals surface area contributed by atoms with Crippen LogP contribution in [0.3, 0.4) is 0 Å². The number of rotatable bonds is 3. The minimum Gasteiger partial charge on any atom is -0.444 e. The molecule has 1 unspecified atom stereocenters. The van der Waals surface area contributed by atoms with Crippen LogP contribution in [0.1, 0.15) is 49.5 Å². The SMILES string of the molecule is CC(C)(C)OC(=O)N1CCCC1C(=O)N1CCc2c(-c3ccccc3)cc(C(N)=O)cc21. The van der Waals surface area contributed by atoms with E-state index in [2.05, 4.69) is 0 Å². The number of carbonyl (C=O) groups excluding carboxylic acids is 3. The molecule has 0 saturated carbocycles. The van der Waals surface area contributed by atoms with Crippen LogP contribution in [-0.2, 0) is 16.0 Å². The zero-order valence-electron chi connectivity index (χ0n) is 18.8. The van der Waals surface area contributed by atoms with Crippen molar-refractivity contribution >= 4 is 23.6 Å². The van der Waals surface area contributed by atoms with E-state index in [-0.39, 0.29) is 5.91 Å². The van der Waals surface area contributed by atoms with Gasteiger partial charge in [-0.25, -0.2) is 4.79 Å². The highest BCUT2D eigenvalue weighted by molar-refractivity contribution is 6.04. The summed E-state index contributed by atoms with van der Waals surface area (Å²) >= 11 is 0. The second kappa shape index (κ2) is 8.30. The minimum absolute atomic E-state index is 0.146. The molecular formula is C25H29N3O4. The van der Waals surface area contributed by atoms with Gasteiger partial charge in [0.15, 0.2) is 0 Å². The first-order valence-electron chi connectivity index (χ1n) is 11.0. The highest BCUT2D eigenvalue weighted by Crippen LogP contribution is 2.39. The molecule has 0 spiro atoms. The Labute approximate surface area is 188 Å². The molecule has 2 N–H and O–H groups in total. The van der Waals surface area contributed by atoms with Crippen LogP contribution in [-0.4, -0.2) is 47.5 Å². The van der Waals surface area contributed by atoms with Crippen molar-refractivity contribution < 1.29 is 19.1 Å². The number of ether oxygens (including phenoxy) is 1. The van der Waals surface area contributed by atoms with E-state index in [9.17, 15) is 14.4 Å². The number of fused-ring (bicyclic) bond motifs is 1. The van der Waals surface area contributed by atoms with Crippen molar-refractivity contribution in [3.05, 3.63) is 53.6 Å². The Kier molecular flexibility index (Phi) is 5.67. The summed E-state index contributed by atoms with van der Waals surface area (Å²) in [7, 11) is 0. The lowest BCUT2D eigenvalue weighted by Gasteiger charge is -2.30. The van der Waals surface area contributed by atoms with Crippen molar-refractivity contribution in [3.63, 3.8) is 0 Å². The number of carbonyl (C=O) groups is 3. The normalized spacial score (nSPS) is 17.9. The van der Waals surface area contributed by atoms with Crippen molar-refractivity contribution in [2.24, 2.45) is 5.73 Å². The highest BCUT2D eigenvalue weighted by atomic mass is 16.6. The third-order valence-electron chi connectivity index (χ3n) is 5.90. The number of anilines is 1. The smallest absolute Gasteiger partial charge is 0.410 e. The average molecular weight is 436 g/mol. The fourth-order valence-corrected chi connectivity index (χ4v) is 4.49. The first-order chi connectivity index (χ1) is 15.2. The van der Waals surface area contributed by atoms with Gasteiger partial charge in [0.25, 0.3) is 0 Å². The number of nitrogens with zero attached hydrogens (tertiary/aromatic N) is 2. The zero-order chi connectivity index (χ0) is 23.0. The Morgan fingerprint density at radius 3 is 2.44 bits per heavy atom. The Balaban J connectivity index is 1.68. The van der Waals surface area contributed by atoms with E-state index in [0.717, 1.165) is 23.1 Å². The number of amides is 3. The van der Waals surface area contributed by atoms with E-state index in [4.69, 9.17) is 10.5 Å². The van der Waals surface area contributed by atoms with Crippen LogP contribution in [0.5, 0.6) is 0 Å². The molecule has 2 heterocycles. The lowest BCUT2D eigenvalue weighted by molar-refractivity contribution is -0.122. The van der Waals surface area contributed by atoms with Gasteiger partial charge in [0.05, 0.1) is 0 Å². The number of hydrogen-bond donors (Lipinski definition) is 1. The van der Waals surface area contributed by atoms with Crippen LogP contribution in [0.15, 0.2) is 42.5 Å². The molecule has 0 aliphatic carbocycles. The molecule has 32 heavy (non-hydrogen) atoms. The molecule has 2 aliphatic heterocycles. The topological polar surface area (TPSA) is 92.9 Å². The average Bonchev–Trinajstić information content (AvgIpc) is 3.39. The maximum Gasteiger partial charge on any atom is 0.410 e. The van der Waals surface area contributed by atoms with Crippen LogP contribution < -0.4 is 10.6 Å². The molecule has 0 bridgehead atoms.